The lowest BCUT2D eigenvalue weighted by Gasteiger charge is -2.05. The van der Waals surface area contributed by atoms with Gasteiger partial charge in [0.1, 0.15) is 5.82 Å². The third-order valence-corrected chi connectivity index (χ3v) is 2.14. The molecule has 0 spiro atoms. The van der Waals surface area contributed by atoms with Gasteiger partial charge in [0.25, 0.3) is 0 Å². The summed E-state index contributed by atoms with van der Waals surface area (Å²) < 4.78 is 17.3. The van der Waals surface area contributed by atoms with Gasteiger partial charge in [0, 0.05) is 26.5 Å². The van der Waals surface area contributed by atoms with Gasteiger partial charge in [-0.15, -0.1) is 0 Å². The average molecular weight is 243 g/mol. The van der Waals surface area contributed by atoms with Crippen molar-refractivity contribution in [1.29, 1.82) is 0 Å². The summed E-state index contributed by atoms with van der Waals surface area (Å²) in [6.07, 6.45) is 2.78. The highest BCUT2D eigenvalue weighted by molar-refractivity contribution is 5.23. The molecule has 0 aromatic carbocycles. The average Bonchev–Trinajstić information content (AvgIpc) is 2.73. The summed E-state index contributed by atoms with van der Waals surface area (Å²) in [5.41, 5.74) is 5.50. The number of aryl methyl sites for hydroxylation is 1. The number of anilines is 1. The Balaban J connectivity index is 1.84. The van der Waals surface area contributed by atoms with Crippen LogP contribution in [0.2, 0.25) is 0 Å². The Hall–Kier alpha value is -1.11. The van der Waals surface area contributed by atoms with E-state index in [1.54, 1.807) is 13.2 Å². The van der Waals surface area contributed by atoms with Gasteiger partial charge < -0.3 is 19.9 Å². The molecule has 0 atom stereocenters. The van der Waals surface area contributed by atoms with E-state index in [0.717, 1.165) is 13.0 Å². The van der Waals surface area contributed by atoms with Crippen LogP contribution in [0.5, 0.6) is 0 Å². The molecule has 2 N–H and O–H groups in total. The molecular formula is C11H21N3O3. The standard InChI is InChI=1S/C11H21N3O3/c1-15-7-8-17-10-9-16-6-2-4-14-5-3-11(12)13-14/h3,5H,2,4,6-10H2,1H3,(H2,12,13). The van der Waals surface area contributed by atoms with Crippen LogP contribution in [0.15, 0.2) is 12.3 Å². The molecule has 0 unspecified atom stereocenters. The minimum Gasteiger partial charge on any atom is -0.382 e. The summed E-state index contributed by atoms with van der Waals surface area (Å²) in [5.74, 6) is 0.553. The van der Waals surface area contributed by atoms with E-state index >= 15 is 0 Å². The van der Waals surface area contributed by atoms with E-state index in [-0.39, 0.29) is 0 Å². The minimum absolute atomic E-state index is 0.553. The maximum atomic E-state index is 5.50. The van der Waals surface area contributed by atoms with Crippen LogP contribution in [0.4, 0.5) is 5.82 Å². The van der Waals surface area contributed by atoms with Crippen molar-refractivity contribution in [1.82, 2.24) is 9.78 Å². The van der Waals surface area contributed by atoms with Gasteiger partial charge in [0.2, 0.25) is 0 Å². The van der Waals surface area contributed by atoms with Gasteiger partial charge in [-0.1, -0.05) is 0 Å². The number of hydrogen-bond acceptors (Lipinski definition) is 5. The zero-order chi connectivity index (χ0) is 12.3. The lowest BCUT2D eigenvalue weighted by atomic mass is 10.4. The van der Waals surface area contributed by atoms with E-state index in [1.807, 2.05) is 10.9 Å². The molecule has 0 saturated carbocycles. The van der Waals surface area contributed by atoms with Gasteiger partial charge >= 0.3 is 0 Å². The van der Waals surface area contributed by atoms with E-state index in [4.69, 9.17) is 19.9 Å². The van der Waals surface area contributed by atoms with Gasteiger partial charge in [0.05, 0.1) is 26.4 Å². The molecule has 0 amide bonds. The van der Waals surface area contributed by atoms with Crippen LogP contribution in [-0.4, -0.2) is 49.9 Å². The Labute approximate surface area is 102 Å². The zero-order valence-corrected chi connectivity index (χ0v) is 10.3. The van der Waals surface area contributed by atoms with Crippen molar-refractivity contribution in [2.24, 2.45) is 0 Å². The minimum atomic E-state index is 0.553. The van der Waals surface area contributed by atoms with Crippen molar-refractivity contribution < 1.29 is 14.2 Å². The van der Waals surface area contributed by atoms with Gasteiger partial charge in [-0.05, 0) is 12.5 Å². The number of methoxy groups -OCH3 is 1. The molecule has 0 aliphatic carbocycles. The molecule has 6 heteroatoms. The lowest BCUT2D eigenvalue weighted by Crippen LogP contribution is -2.10. The van der Waals surface area contributed by atoms with E-state index < -0.39 is 0 Å². The summed E-state index contributed by atoms with van der Waals surface area (Å²) in [5, 5.41) is 4.08. The smallest absolute Gasteiger partial charge is 0.145 e. The molecule has 0 radical (unpaired) electrons. The van der Waals surface area contributed by atoms with Crippen LogP contribution >= 0.6 is 0 Å². The first-order valence-corrected chi connectivity index (χ1v) is 5.76. The van der Waals surface area contributed by atoms with Crippen molar-refractivity contribution in [3.63, 3.8) is 0 Å². The van der Waals surface area contributed by atoms with E-state index in [1.165, 1.54) is 0 Å². The SMILES string of the molecule is COCCOCCOCCCn1ccc(N)n1. The van der Waals surface area contributed by atoms with Gasteiger partial charge in [0.15, 0.2) is 0 Å². The van der Waals surface area contributed by atoms with Crippen molar-refractivity contribution in [3.05, 3.63) is 12.3 Å². The first-order chi connectivity index (χ1) is 8.33. The molecule has 1 aromatic heterocycles. The van der Waals surface area contributed by atoms with Crippen molar-refractivity contribution in [3.8, 4) is 0 Å². The quantitative estimate of drug-likeness (QED) is 0.607. The predicted molar refractivity (Wildman–Crippen MR) is 64.8 cm³/mol. The summed E-state index contributed by atoms with van der Waals surface area (Å²) in [4.78, 5) is 0. The van der Waals surface area contributed by atoms with Crippen LogP contribution in [0.25, 0.3) is 0 Å². The lowest BCUT2D eigenvalue weighted by molar-refractivity contribution is 0.0236. The highest BCUT2D eigenvalue weighted by atomic mass is 16.5. The number of nitrogens with zero attached hydrogens (tertiary/aromatic N) is 2. The van der Waals surface area contributed by atoms with Crippen molar-refractivity contribution in [2.75, 3.05) is 45.9 Å². The molecule has 6 nitrogen and oxygen atoms in total. The number of nitrogens with two attached hydrogens (primary N) is 1. The second-order valence-electron chi connectivity index (χ2n) is 3.57. The fourth-order valence-electron chi connectivity index (χ4n) is 1.29. The largest absolute Gasteiger partial charge is 0.382 e. The molecular weight excluding hydrogens is 222 g/mol. The molecule has 0 fully saturated rings. The van der Waals surface area contributed by atoms with Crippen LogP contribution in [0, 0.1) is 0 Å². The molecule has 0 aliphatic rings. The summed E-state index contributed by atoms with van der Waals surface area (Å²) in [6.45, 7) is 3.99. The van der Waals surface area contributed by atoms with Crippen LogP contribution < -0.4 is 5.73 Å². The summed E-state index contributed by atoms with van der Waals surface area (Å²) in [6, 6.07) is 1.78. The highest BCUT2D eigenvalue weighted by Gasteiger charge is 1.95. The number of nitrogen functional groups attached to an aromatic ring is 1. The Morgan fingerprint density at radius 1 is 1.18 bits per heavy atom. The van der Waals surface area contributed by atoms with Crippen LogP contribution in [-0.2, 0) is 20.8 Å². The molecule has 17 heavy (non-hydrogen) atoms. The maximum absolute atomic E-state index is 5.50. The van der Waals surface area contributed by atoms with Crippen molar-refractivity contribution >= 4 is 5.82 Å². The van der Waals surface area contributed by atoms with Gasteiger partial charge in [-0.3, -0.25) is 4.68 Å². The predicted octanol–water partition coefficient (Wildman–Crippen LogP) is 0.535. The third kappa shape index (κ3) is 6.93. The third-order valence-electron chi connectivity index (χ3n) is 2.14. The maximum Gasteiger partial charge on any atom is 0.145 e. The zero-order valence-electron chi connectivity index (χ0n) is 10.3. The molecule has 1 rings (SSSR count). The van der Waals surface area contributed by atoms with Gasteiger partial charge in [-0.2, -0.15) is 5.10 Å². The fraction of sp³-hybridized carbons (Fsp3) is 0.727. The normalized spacial score (nSPS) is 10.9. The summed E-state index contributed by atoms with van der Waals surface area (Å²) in [7, 11) is 1.65. The van der Waals surface area contributed by atoms with Crippen LogP contribution in [0.1, 0.15) is 6.42 Å². The highest BCUT2D eigenvalue weighted by Crippen LogP contribution is 1.97. The van der Waals surface area contributed by atoms with E-state index in [9.17, 15) is 0 Å². The van der Waals surface area contributed by atoms with Crippen LogP contribution in [0.3, 0.4) is 0 Å². The van der Waals surface area contributed by atoms with E-state index in [0.29, 0.717) is 38.9 Å². The number of aromatic nitrogens is 2. The molecule has 1 heterocycles. The molecule has 1 aromatic rings. The molecule has 0 saturated heterocycles. The van der Waals surface area contributed by atoms with Crippen molar-refractivity contribution in [2.45, 2.75) is 13.0 Å². The summed E-state index contributed by atoms with van der Waals surface area (Å²) >= 11 is 0. The Morgan fingerprint density at radius 2 is 1.88 bits per heavy atom. The first kappa shape index (κ1) is 14.0. The second-order valence-corrected chi connectivity index (χ2v) is 3.57. The fourth-order valence-corrected chi connectivity index (χ4v) is 1.29. The molecule has 98 valence electrons. The number of hydrogen-bond donors (Lipinski definition) is 1. The Bertz CT molecular complexity index is 291. The Kier molecular flexibility index (Phi) is 7.37. The Morgan fingerprint density at radius 3 is 2.53 bits per heavy atom. The van der Waals surface area contributed by atoms with E-state index in [2.05, 4.69) is 5.10 Å². The number of rotatable bonds is 10. The molecule has 0 bridgehead atoms. The topological polar surface area (TPSA) is 71.5 Å². The second kappa shape index (κ2) is 8.98. The number of ether oxygens (including phenoxy) is 3. The monoisotopic (exact) mass is 243 g/mol. The van der Waals surface area contributed by atoms with Gasteiger partial charge in [-0.25, -0.2) is 0 Å². The molecule has 0 aliphatic heterocycles. The first-order valence-electron chi connectivity index (χ1n) is 5.76.